The van der Waals surface area contributed by atoms with Crippen molar-refractivity contribution in [3.8, 4) is 11.4 Å². The molecule has 0 aliphatic heterocycles. The third kappa shape index (κ3) is 4.73. The summed E-state index contributed by atoms with van der Waals surface area (Å²) in [7, 11) is 1.61. The summed E-state index contributed by atoms with van der Waals surface area (Å²) in [6.45, 7) is 0.785. The van der Waals surface area contributed by atoms with E-state index < -0.39 is 0 Å². The Balaban J connectivity index is 1.69. The van der Waals surface area contributed by atoms with Crippen molar-refractivity contribution in [2.45, 2.75) is 13.1 Å². The zero-order valence-corrected chi connectivity index (χ0v) is 17.8. The van der Waals surface area contributed by atoms with E-state index in [-0.39, 0.29) is 17.2 Å². The predicted molar refractivity (Wildman–Crippen MR) is 121 cm³/mol. The van der Waals surface area contributed by atoms with Crippen molar-refractivity contribution < 1.29 is 9.53 Å². The Kier molecular flexibility index (Phi) is 6.24. The maximum atomic E-state index is 13.5. The number of rotatable bonds is 7. The highest BCUT2D eigenvalue weighted by molar-refractivity contribution is 7.09. The summed E-state index contributed by atoms with van der Waals surface area (Å²) in [4.78, 5) is 28.6. The zero-order chi connectivity index (χ0) is 21.6. The molecule has 156 valence electrons. The lowest BCUT2D eigenvalue weighted by molar-refractivity contribution is 0.0722. The smallest absolute Gasteiger partial charge is 0.274 e. The van der Waals surface area contributed by atoms with Crippen molar-refractivity contribution in [2.75, 3.05) is 7.11 Å². The Morgan fingerprint density at radius 3 is 2.48 bits per heavy atom. The molecule has 0 aliphatic carbocycles. The summed E-state index contributed by atoms with van der Waals surface area (Å²) in [5, 5.41) is 6.34. The molecule has 0 unspecified atom stereocenters. The van der Waals surface area contributed by atoms with Crippen molar-refractivity contribution >= 4 is 17.2 Å². The average molecular weight is 432 g/mol. The van der Waals surface area contributed by atoms with E-state index in [4.69, 9.17) is 4.74 Å². The highest BCUT2D eigenvalue weighted by Crippen LogP contribution is 2.22. The van der Waals surface area contributed by atoms with Crippen LogP contribution in [0, 0.1) is 0 Å². The molecule has 0 saturated heterocycles. The van der Waals surface area contributed by atoms with Gasteiger partial charge >= 0.3 is 0 Å². The van der Waals surface area contributed by atoms with E-state index in [1.165, 1.54) is 16.8 Å². The summed E-state index contributed by atoms with van der Waals surface area (Å²) < 4.78 is 6.71. The molecular formula is C24H21N3O3S. The average Bonchev–Trinajstić information content (AvgIpc) is 3.32. The van der Waals surface area contributed by atoms with Crippen LogP contribution in [-0.2, 0) is 13.1 Å². The van der Waals surface area contributed by atoms with Crippen molar-refractivity contribution in [2.24, 2.45) is 0 Å². The van der Waals surface area contributed by atoms with Crippen LogP contribution in [0.3, 0.4) is 0 Å². The van der Waals surface area contributed by atoms with E-state index in [0.29, 0.717) is 24.5 Å². The van der Waals surface area contributed by atoms with Crippen LogP contribution in [0.25, 0.3) is 5.69 Å². The van der Waals surface area contributed by atoms with Crippen molar-refractivity contribution in [1.82, 2.24) is 14.7 Å². The van der Waals surface area contributed by atoms with Crippen molar-refractivity contribution in [1.29, 1.82) is 0 Å². The molecule has 0 bridgehead atoms. The second-order valence-electron chi connectivity index (χ2n) is 6.86. The maximum absolute atomic E-state index is 13.5. The van der Waals surface area contributed by atoms with Crippen LogP contribution in [-0.4, -0.2) is 27.7 Å². The largest absolute Gasteiger partial charge is 0.496 e. The first kappa shape index (κ1) is 20.6. The number of thiophene rings is 1. The monoisotopic (exact) mass is 431 g/mol. The summed E-state index contributed by atoms with van der Waals surface area (Å²) in [6.07, 6.45) is 0. The van der Waals surface area contributed by atoms with Gasteiger partial charge in [0.05, 0.1) is 25.9 Å². The van der Waals surface area contributed by atoms with Crippen molar-refractivity contribution in [3.63, 3.8) is 0 Å². The maximum Gasteiger partial charge on any atom is 0.274 e. The Labute approximate surface area is 184 Å². The molecule has 31 heavy (non-hydrogen) atoms. The SMILES string of the molecule is COc1ccccc1CN(Cc1cccs1)C(=O)c1ccc(=O)n(-c2ccccc2)n1. The molecule has 2 aromatic heterocycles. The molecule has 2 heterocycles. The summed E-state index contributed by atoms with van der Waals surface area (Å²) in [5.41, 5.74) is 1.41. The minimum absolute atomic E-state index is 0.204. The number of para-hydroxylation sites is 2. The molecule has 0 atom stereocenters. The van der Waals surface area contributed by atoms with E-state index >= 15 is 0 Å². The first-order chi connectivity index (χ1) is 15.2. The van der Waals surface area contributed by atoms with Crippen LogP contribution in [0.2, 0.25) is 0 Å². The molecule has 4 rings (SSSR count). The van der Waals surface area contributed by atoms with E-state index in [9.17, 15) is 9.59 Å². The van der Waals surface area contributed by atoms with Crippen LogP contribution in [0.15, 0.2) is 89.0 Å². The standard InChI is InChI=1S/C24H21N3O3S/c1-30-22-12-6-5-8-18(22)16-26(17-20-11-7-15-31-20)24(29)21-13-14-23(28)27(25-21)19-9-3-2-4-10-19/h2-15H,16-17H2,1H3. The number of benzene rings is 2. The lowest BCUT2D eigenvalue weighted by Gasteiger charge is -2.23. The molecule has 1 amide bonds. The second-order valence-corrected chi connectivity index (χ2v) is 7.89. The van der Waals surface area contributed by atoms with E-state index in [1.807, 2.05) is 60.0 Å². The Morgan fingerprint density at radius 1 is 0.968 bits per heavy atom. The number of carbonyl (C=O) groups is 1. The fourth-order valence-electron chi connectivity index (χ4n) is 3.27. The van der Waals surface area contributed by atoms with Crippen LogP contribution in [0.4, 0.5) is 0 Å². The molecule has 0 aliphatic rings. The highest BCUT2D eigenvalue weighted by atomic mass is 32.1. The van der Waals surface area contributed by atoms with E-state index in [2.05, 4.69) is 5.10 Å². The third-order valence-electron chi connectivity index (χ3n) is 4.79. The summed E-state index contributed by atoms with van der Waals surface area (Å²) >= 11 is 1.59. The quantitative estimate of drug-likeness (QED) is 0.441. The number of ether oxygens (including phenoxy) is 1. The molecule has 0 N–H and O–H groups in total. The first-order valence-electron chi connectivity index (χ1n) is 9.75. The molecular weight excluding hydrogens is 410 g/mol. The Bertz CT molecular complexity index is 1220. The number of methoxy groups -OCH3 is 1. The van der Waals surface area contributed by atoms with Gasteiger partial charge < -0.3 is 9.64 Å². The van der Waals surface area contributed by atoms with Crippen LogP contribution in [0.5, 0.6) is 5.75 Å². The van der Waals surface area contributed by atoms with Crippen LogP contribution >= 0.6 is 11.3 Å². The molecule has 0 spiro atoms. The minimum Gasteiger partial charge on any atom is -0.496 e. The number of carbonyl (C=O) groups excluding carboxylic acids is 1. The van der Waals surface area contributed by atoms with Gasteiger partial charge in [-0.2, -0.15) is 9.78 Å². The Hall–Kier alpha value is -3.71. The fraction of sp³-hybridized carbons (Fsp3) is 0.125. The minimum atomic E-state index is -0.294. The normalized spacial score (nSPS) is 10.6. The topological polar surface area (TPSA) is 64.4 Å². The van der Waals surface area contributed by atoms with E-state index in [1.54, 1.807) is 35.5 Å². The molecule has 0 radical (unpaired) electrons. The lowest BCUT2D eigenvalue weighted by atomic mass is 10.1. The molecule has 6 nitrogen and oxygen atoms in total. The molecule has 7 heteroatoms. The highest BCUT2D eigenvalue weighted by Gasteiger charge is 2.21. The van der Waals surface area contributed by atoms with Gasteiger partial charge in [-0.1, -0.05) is 42.5 Å². The number of amides is 1. The third-order valence-corrected chi connectivity index (χ3v) is 5.65. The number of aromatic nitrogens is 2. The second kappa shape index (κ2) is 9.40. The first-order valence-corrected chi connectivity index (χ1v) is 10.6. The van der Waals surface area contributed by atoms with Gasteiger partial charge in [0.2, 0.25) is 0 Å². The van der Waals surface area contributed by atoms with Gasteiger partial charge in [0.1, 0.15) is 11.4 Å². The van der Waals surface area contributed by atoms with Crippen molar-refractivity contribution in [3.05, 3.63) is 111 Å². The van der Waals surface area contributed by atoms with Crippen LogP contribution < -0.4 is 10.3 Å². The molecule has 0 fully saturated rings. The Morgan fingerprint density at radius 2 is 1.74 bits per heavy atom. The van der Waals surface area contributed by atoms with Gasteiger partial charge in [0.15, 0.2) is 0 Å². The van der Waals surface area contributed by atoms with Gasteiger partial charge in [-0.05, 0) is 35.7 Å². The number of nitrogens with zero attached hydrogens (tertiary/aromatic N) is 3. The van der Waals surface area contributed by atoms with Gasteiger partial charge in [0, 0.05) is 16.5 Å². The molecule has 0 saturated carbocycles. The molecule has 2 aromatic carbocycles. The van der Waals surface area contributed by atoms with Gasteiger partial charge in [-0.25, -0.2) is 0 Å². The molecule has 4 aromatic rings. The van der Waals surface area contributed by atoms with Gasteiger partial charge in [-0.15, -0.1) is 11.3 Å². The van der Waals surface area contributed by atoms with Gasteiger partial charge in [0.25, 0.3) is 11.5 Å². The number of hydrogen-bond acceptors (Lipinski definition) is 5. The summed E-state index contributed by atoms with van der Waals surface area (Å²) in [5.74, 6) is 0.456. The number of hydrogen-bond donors (Lipinski definition) is 0. The fourth-order valence-corrected chi connectivity index (χ4v) is 3.99. The van der Waals surface area contributed by atoms with Crippen LogP contribution in [0.1, 0.15) is 20.9 Å². The lowest BCUT2D eigenvalue weighted by Crippen LogP contribution is -2.33. The van der Waals surface area contributed by atoms with Gasteiger partial charge in [-0.3, -0.25) is 9.59 Å². The van der Waals surface area contributed by atoms with E-state index in [0.717, 1.165) is 10.4 Å². The summed E-state index contributed by atoms with van der Waals surface area (Å²) in [6, 6.07) is 23.5. The predicted octanol–water partition coefficient (Wildman–Crippen LogP) is 4.15. The zero-order valence-electron chi connectivity index (χ0n) is 17.0.